The number of ether oxygens (including phenoxy) is 1. The second-order valence-electron chi connectivity index (χ2n) is 4.21. The minimum atomic E-state index is 0.0731. The summed E-state index contributed by atoms with van der Waals surface area (Å²) in [5, 5.41) is 9.89. The van der Waals surface area contributed by atoms with Gasteiger partial charge in [-0.3, -0.25) is 0 Å². The first-order chi connectivity index (χ1) is 7.79. The van der Waals surface area contributed by atoms with Gasteiger partial charge in [0.1, 0.15) is 0 Å². The first kappa shape index (κ1) is 11.8. The molecule has 1 aromatic heterocycles. The van der Waals surface area contributed by atoms with E-state index in [4.69, 9.17) is 9.84 Å². The lowest BCUT2D eigenvalue weighted by atomic mass is 10.5. The van der Waals surface area contributed by atoms with Crippen molar-refractivity contribution in [3.8, 4) is 0 Å². The summed E-state index contributed by atoms with van der Waals surface area (Å²) in [4.78, 5) is 7.21. The molecule has 0 saturated heterocycles. The highest BCUT2D eigenvalue weighted by Crippen LogP contribution is 2.28. The molecule has 0 atom stereocenters. The van der Waals surface area contributed by atoms with Gasteiger partial charge in [0.15, 0.2) is 5.13 Å². The van der Waals surface area contributed by atoms with Gasteiger partial charge in [-0.05, 0) is 18.8 Å². The Hall–Kier alpha value is -0.650. The van der Waals surface area contributed by atoms with Gasteiger partial charge in [0, 0.05) is 26.4 Å². The summed E-state index contributed by atoms with van der Waals surface area (Å²) >= 11 is 1.53. The zero-order valence-electron chi connectivity index (χ0n) is 9.56. The maximum atomic E-state index is 8.94. The Balaban J connectivity index is 1.67. The molecular weight excluding hydrogens is 224 g/mol. The molecule has 4 nitrogen and oxygen atoms in total. The van der Waals surface area contributed by atoms with Gasteiger partial charge in [-0.2, -0.15) is 0 Å². The van der Waals surface area contributed by atoms with E-state index in [1.165, 1.54) is 24.2 Å². The Labute approximate surface area is 99.9 Å². The number of thiazole rings is 1. The van der Waals surface area contributed by atoms with Crippen molar-refractivity contribution in [3.63, 3.8) is 0 Å². The summed E-state index contributed by atoms with van der Waals surface area (Å²) in [5.41, 5.74) is 0. The van der Waals surface area contributed by atoms with Crippen molar-refractivity contribution in [3.05, 3.63) is 11.1 Å². The van der Waals surface area contributed by atoms with Crippen molar-refractivity contribution < 1.29 is 9.84 Å². The summed E-state index contributed by atoms with van der Waals surface area (Å²) in [6.07, 6.45) is 4.39. The van der Waals surface area contributed by atoms with Gasteiger partial charge in [0.05, 0.1) is 18.1 Å². The quantitative estimate of drug-likeness (QED) is 0.736. The number of aliphatic hydroxyl groups excluding tert-OH is 1. The van der Waals surface area contributed by atoms with Crippen LogP contribution >= 0.6 is 11.3 Å². The zero-order chi connectivity index (χ0) is 11.4. The molecule has 2 rings (SSSR count). The fourth-order valence-electron chi connectivity index (χ4n) is 1.38. The summed E-state index contributed by atoms with van der Waals surface area (Å²) in [5.74, 6) is 0.825. The molecule has 0 radical (unpaired) electrons. The SMILES string of the molecule is CN(CCOCC1CC1)c1ncc(CO)s1. The molecule has 1 heterocycles. The van der Waals surface area contributed by atoms with Crippen LogP contribution in [0.3, 0.4) is 0 Å². The fourth-order valence-corrected chi connectivity index (χ4v) is 2.14. The standard InChI is InChI=1S/C11H18N2O2S/c1-13(4-5-15-8-9-2-3-9)11-12-6-10(7-14)16-11/h6,9,14H,2-5,7-8H2,1H3. The molecule has 1 aromatic rings. The van der Waals surface area contributed by atoms with Crippen molar-refractivity contribution in [1.82, 2.24) is 4.98 Å². The Bertz CT molecular complexity index is 326. The van der Waals surface area contributed by atoms with Crippen molar-refractivity contribution in [1.29, 1.82) is 0 Å². The van der Waals surface area contributed by atoms with Crippen LogP contribution in [0.25, 0.3) is 0 Å². The molecule has 1 fully saturated rings. The molecule has 0 spiro atoms. The van der Waals surface area contributed by atoms with Gasteiger partial charge in [-0.25, -0.2) is 4.98 Å². The van der Waals surface area contributed by atoms with E-state index in [2.05, 4.69) is 9.88 Å². The lowest BCUT2D eigenvalue weighted by Gasteiger charge is -2.15. The van der Waals surface area contributed by atoms with Gasteiger partial charge in [-0.1, -0.05) is 11.3 Å². The molecule has 0 bridgehead atoms. The number of anilines is 1. The van der Waals surface area contributed by atoms with E-state index < -0.39 is 0 Å². The van der Waals surface area contributed by atoms with Gasteiger partial charge < -0.3 is 14.7 Å². The third-order valence-electron chi connectivity index (χ3n) is 2.65. The lowest BCUT2D eigenvalue weighted by molar-refractivity contribution is 0.131. The fraction of sp³-hybridized carbons (Fsp3) is 0.727. The molecule has 0 unspecified atom stereocenters. The topological polar surface area (TPSA) is 45.6 Å². The zero-order valence-corrected chi connectivity index (χ0v) is 10.4. The van der Waals surface area contributed by atoms with Crippen LogP contribution < -0.4 is 4.90 Å². The first-order valence-corrected chi connectivity index (χ1v) is 6.45. The van der Waals surface area contributed by atoms with E-state index in [0.717, 1.165) is 35.7 Å². The highest BCUT2D eigenvalue weighted by Gasteiger charge is 2.21. The Morgan fingerprint density at radius 2 is 2.44 bits per heavy atom. The summed E-state index contributed by atoms with van der Waals surface area (Å²) < 4.78 is 5.57. The maximum Gasteiger partial charge on any atom is 0.185 e. The smallest absolute Gasteiger partial charge is 0.185 e. The van der Waals surface area contributed by atoms with Crippen molar-refractivity contribution in [2.45, 2.75) is 19.4 Å². The van der Waals surface area contributed by atoms with Crippen LogP contribution in [-0.4, -0.2) is 36.9 Å². The normalized spacial score (nSPS) is 15.4. The number of aromatic nitrogens is 1. The molecule has 0 aliphatic heterocycles. The van der Waals surface area contributed by atoms with E-state index in [-0.39, 0.29) is 6.61 Å². The van der Waals surface area contributed by atoms with E-state index in [1.54, 1.807) is 6.20 Å². The molecule has 1 saturated carbocycles. The van der Waals surface area contributed by atoms with Crippen LogP contribution in [0.2, 0.25) is 0 Å². The third kappa shape index (κ3) is 3.43. The molecule has 1 aliphatic carbocycles. The van der Waals surface area contributed by atoms with Gasteiger partial charge in [0.25, 0.3) is 0 Å². The van der Waals surface area contributed by atoms with Crippen LogP contribution in [-0.2, 0) is 11.3 Å². The maximum absolute atomic E-state index is 8.94. The Kier molecular flexibility index (Phi) is 4.15. The third-order valence-corrected chi connectivity index (χ3v) is 3.74. The second-order valence-corrected chi connectivity index (χ2v) is 5.30. The van der Waals surface area contributed by atoms with Crippen LogP contribution in [0.15, 0.2) is 6.20 Å². The predicted molar refractivity (Wildman–Crippen MR) is 64.8 cm³/mol. The number of aliphatic hydroxyl groups is 1. The van der Waals surface area contributed by atoms with Crippen LogP contribution in [0.4, 0.5) is 5.13 Å². The van der Waals surface area contributed by atoms with E-state index in [0.29, 0.717) is 0 Å². The average Bonchev–Trinajstić information content (AvgIpc) is 2.99. The number of nitrogens with zero attached hydrogens (tertiary/aromatic N) is 2. The monoisotopic (exact) mass is 242 g/mol. The number of hydrogen-bond donors (Lipinski definition) is 1. The summed E-state index contributed by atoms with van der Waals surface area (Å²) in [6.45, 7) is 2.59. The van der Waals surface area contributed by atoms with Crippen LogP contribution in [0, 0.1) is 5.92 Å². The first-order valence-electron chi connectivity index (χ1n) is 5.64. The van der Waals surface area contributed by atoms with E-state index >= 15 is 0 Å². The Morgan fingerprint density at radius 1 is 1.62 bits per heavy atom. The molecule has 0 amide bonds. The average molecular weight is 242 g/mol. The lowest BCUT2D eigenvalue weighted by Crippen LogP contribution is -2.22. The van der Waals surface area contributed by atoms with Gasteiger partial charge in [-0.15, -0.1) is 0 Å². The minimum absolute atomic E-state index is 0.0731. The number of likely N-dealkylation sites (N-methyl/N-ethyl adjacent to an activating group) is 1. The van der Waals surface area contributed by atoms with E-state index in [1.807, 2.05) is 7.05 Å². The molecule has 90 valence electrons. The highest BCUT2D eigenvalue weighted by molar-refractivity contribution is 7.15. The molecule has 16 heavy (non-hydrogen) atoms. The molecular formula is C11H18N2O2S. The number of hydrogen-bond acceptors (Lipinski definition) is 5. The van der Waals surface area contributed by atoms with Gasteiger partial charge in [0.2, 0.25) is 0 Å². The summed E-state index contributed by atoms with van der Waals surface area (Å²) in [6, 6.07) is 0. The Morgan fingerprint density at radius 3 is 3.06 bits per heavy atom. The molecule has 1 aliphatic rings. The highest BCUT2D eigenvalue weighted by atomic mass is 32.1. The summed E-state index contributed by atoms with van der Waals surface area (Å²) in [7, 11) is 2.00. The van der Waals surface area contributed by atoms with Crippen LogP contribution in [0.1, 0.15) is 17.7 Å². The molecule has 0 aromatic carbocycles. The second kappa shape index (κ2) is 5.61. The largest absolute Gasteiger partial charge is 0.391 e. The minimum Gasteiger partial charge on any atom is -0.391 e. The number of rotatable bonds is 7. The van der Waals surface area contributed by atoms with Crippen LogP contribution in [0.5, 0.6) is 0 Å². The van der Waals surface area contributed by atoms with Crippen molar-refractivity contribution >= 4 is 16.5 Å². The molecule has 5 heteroatoms. The molecule has 1 N–H and O–H groups in total. The van der Waals surface area contributed by atoms with Crippen molar-refractivity contribution in [2.75, 3.05) is 31.7 Å². The van der Waals surface area contributed by atoms with Crippen molar-refractivity contribution in [2.24, 2.45) is 5.92 Å². The predicted octanol–water partition coefficient (Wildman–Crippen LogP) is 1.50. The van der Waals surface area contributed by atoms with E-state index in [9.17, 15) is 0 Å². The van der Waals surface area contributed by atoms with Gasteiger partial charge >= 0.3 is 0 Å².